The molecule has 0 aromatic heterocycles. The number of rotatable bonds is 3. The summed E-state index contributed by atoms with van der Waals surface area (Å²) in [7, 11) is 1.71. The van der Waals surface area contributed by atoms with Crippen LogP contribution in [-0.2, 0) is 11.3 Å². The van der Waals surface area contributed by atoms with Gasteiger partial charge in [-0.3, -0.25) is 4.90 Å². The maximum Gasteiger partial charge on any atom is 0.118 e. The van der Waals surface area contributed by atoms with Crippen molar-refractivity contribution in [2.45, 2.75) is 24.3 Å². The van der Waals surface area contributed by atoms with Crippen LogP contribution in [0.25, 0.3) is 0 Å². The van der Waals surface area contributed by atoms with Gasteiger partial charge in [0.25, 0.3) is 0 Å². The van der Waals surface area contributed by atoms with Crippen LogP contribution in [-0.4, -0.2) is 48.8 Å². The molecule has 0 aliphatic carbocycles. The van der Waals surface area contributed by atoms with E-state index in [-0.39, 0.29) is 0 Å². The zero-order chi connectivity index (χ0) is 13.1. The highest BCUT2D eigenvalue weighted by Gasteiger charge is 2.34. The van der Waals surface area contributed by atoms with Crippen molar-refractivity contribution in [1.82, 2.24) is 4.90 Å². The smallest absolute Gasteiger partial charge is 0.118 e. The molecule has 0 N–H and O–H groups in total. The summed E-state index contributed by atoms with van der Waals surface area (Å²) in [5.41, 5.74) is 1.37. The van der Waals surface area contributed by atoms with Crippen LogP contribution in [0.2, 0.25) is 0 Å². The molecular weight excluding hydrogens is 258 g/mol. The van der Waals surface area contributed by atoms with Crippen molar-refractivity contribution in [3.05, 3.63) is 29.8 Å². The largest absolute Gasteiger partial charge is 0.497 e. The van der Waals surface area contributed by atoms with Crippen LogP contribution >= 0.6 is 11.8 Å². The number of fused-ring (bicyclic) bond motifs is 1. The van der Waals surface area contributed by atoms with E-state index in [0.29, 0.717) is 11.3 Å². The van der Waals surface area contributed by atoms with E-state index in [2.05, 4.69) is 40.9 Å². The summed E-state index contributed by atoms with van der Waals surface area (Å²) in [5.74, 6) is 2.16. The van der Waals surface area contributed by atoms with Crippen molar-refractivity contribution in [1.29, 1.82) is 0 Å². The summed E-state index contributed by atoms with van der Waals surface area (Å²) in [5, 5.41) is 0.667. The van der Waals surface area contributed by atoms with E-state index in [1.54, 1.807) is 7.11 Å². The van der Waals surface area contributed by atoms with Crippen molar-refractivity contribution >= 4 is 11.8 Å². The molecule has 1 aromatic rings. The van der Waals surface area contributed by atoms with Gasteiger partial charge in [0.1, 0.15) is 5.75 Å². The Kier molecular flexibility index (Phi) is 4.31. The first-order valence-electron chi connectivity index (χ1n) is 6.93. The second-order valence-electron chi connectivity index (χ2n) is 5.16. The lowest BCUT2D eigenvalue weighted by atomic mass is 10.0. The quantitative estimate of drug-likeness (QED) is 0.847. The standard InChI is InChI=1S/C15H21NO2S/c1-17-13-4-2-12(3-5-13)10-16-7-9-19-15-11-18-8-6-14(15)16/h2-5,14-15H,6-11H2,1H3. The lowest BCUT2D eigenvalue weighted by Gasteiger charge is -2.43. The molecule has 0 saturated carbocycles. The minimum atomic E-state index is 0.667. The third kappa shape index (κ3) is 3.07. The third-order valence-electron chi connectivity index (χ3n) is 3.99. The Morgan fingerprint density at radius 1 is 1.37 bits per heavy atom. The average Bonchev–Trinajstić information content (AvgIpc) is 2.48. The molecule has 4 heteroatoms. The molecule has 1 aromatic carbocycles. The molecular formula is C15H21NO2S. The summed E-state index contributed by atoms with van der Waals surface area (Å²) in [6, 6.07) is 9.14. The Morgan fingerprint density at radius 3 is 3.00 bits per heavy atom. The first-order chi connectivity index (χ1) is 9.36. The maximum atomic E-state index is 5.60. The molecule has 2 saturated heterocycles. The van der Waals surface area contributed by atoms with Crippen LogP contribution < -0.4 is 4.74 Å². The molecule has 104 valence electrons. The number of benzene rings is 1. The zero-order valence-corrected chi connectivity index (χ0v) is 12.2. The van der Waals surface area contributed by atoms with Crippen LogP contribution in [0, 0.1) is 0 Å². The Labute approximate surface area is 119 Å². The molecule has 0 radical (unpaired) electrons. The number of thioether (sulfide) groups is 1. The van der Waals surface area contributed by atoms with Crippen molar-refractivity contribution in [3.63, 3.8) is 0 Å². The van der Waals surface area contributed by atoms with Crippen molar-refractivity contribution in [2.75, 3.05) is 32.6 Å². The van der Waals surface area contributed by atoms with Crippen molar-refractivity contribution < 1.29 is 9.47 Å². The van der Waals surface area contributed by atoms with Crippen LogP contribution in [0.1, 0.15) is 12.0 Å². The predicted octanol–water partition coefficient (Wildman–Crippen LogP) is 2.40. The topological polar surface area (TPSA) is 21.7 Å². The fraction of sp³-hybridized carbons (Fsp3) is 0.600. The lowest BCUT2D eigenvalue weighted by molar-refractivity contribution is 0.0351. The Hall–Kier alpha value is -0.710. The molecule has 19 heavy (non-hydrogen) atoms. The summed E-state index contributed by atoms with van der Waals surface area (Å²) in [6.07, 6.45) is 1.17. The van der Waals surface area contributed by atoms with Gasteiger partial charge in [-0.25, -0.2) is 0 Å². The third-order valence-corrected chi connectivity index (χ3v) is 5.29. The maximum absolute atomic E-state index is 5.60. The molecule has 0 spiro atoms. The van der Waals surface area contributed by atoms with Crippen LogP contribution in [0.3, 0.4) is 0 Å². The molecule has 0 amide bonds. The Morgan fingerprint density at radius 2 is 2.21 bits per heavy atom. The molecule has 2 aliphatic rings. The number of hydrogen-bond donors (Lipinski definition) is 0. The predicted molar refractivity (Wildman–Crippen MR) is 78.9 cm³/mol. The SMILES string of the molecule is COc1ccc(CN2CCSC3COCCC32)cc1. The number of methoxy groups -OCH3 is 1. The fourth-order valence-electron chi connectivity index (χ4n) is 2.93. The summed E-state index contributed by atoms with van der Waals surface area (Å²) >= 11 is 2.08. The normalized spacial score (nSPS) is 27.8. The number of hydrogen-bond acceptors (Lipinski definition) is 4. The van der Waals surface area contributed by atoms with Gasteiger partial charge in [0.15, 0.2) is 0 Å². The van der Waals surface area contributed by atoms with E-state index in [9.17, 15) is 0 Å². The number of ether oxygens (including phenoxy) is 2. The van der Waals surface area contributed by atoms with Gasteiger partial charge in [-0.05, 0) is 24.1 Å². The molecule has 2 atom stereocenters. The second-order valence-corrected chi connectivity index (χ2v) is 6.51. The van der Waals surface area contributed by atoms with Gasteiger partial charge in [0, 0.05) is 36.7 Å². The van der Waals surface area contributed by atoms with E-state index >= 15 is 0 Å². The summed E-state index contributed by atoms with van der Waals surface area (Å²) in [6.45, 7) is 4.08. The minimum Gasteiger partial charge on any atom is -0.497 e. The van der Waals surface area contributed by atoms with Crippen molar-refractivity contribution in [2.24, 2.45) is 0 Å². The molecule has 3 rings (SSSR count). The van der Waals surface area contributed by atoms with E-state index in [4.69, 9.17) is 9.47 Å². The first-order valence-corrected chi connectivity index (χ1v) is 7.98. The van der Waals surface area contributed by atoms with Gasteiger partial charge < -0.3 is 9.47 Å². The molecule has 2 unspecified atom stereocenters. The molecule has 2 fully saturated rings. The van der Waals surface area contributed by atoms with Gasteiger partial charge in [-0.2, -0.15) is 11.8 Å². The lowest BCUT2D eigenvalue weighted by Crippen LogP contribution is -2.51. The van der Waals surface area contributed by atoms with E-state index in [0.717, 1.165) is 25.5 Å². The van der Waals surface area contributed by atoms with Gasteiger partial charge in [0.05, 0.1) is 13.7 Å². The second kappa shape index (κ2) is 6.16. The molecule has 2 heterocycles. The van der Waals surface area contributed by atoms with Gasteiger partial charge >= 0.3 is 0 Å². The molecule has 2 aliphatic heterocycles. The van der Waals surface area contributed by atoms with Gasteiger partial charge in [-0.1, -0.05) is 12.1 Å². The fourth-order valence-corrected chi connectivity index (χ4v) is 4.29. The average molecular weight is 279 g/mol. The molecule has 3 nitrogen and oxygen atoms in total. The van der Waals surface area contributed by atoms with Gasteiger partial charge in [-0.15, -0.1) is 0 Å². The first kappa shape index (κ1) is 13.3. The Balaban J connectivity index is 1.66. The molecule has 0 bridgehead atoms. The van der Waals surface area contributed by atoms with Crippen LogP contribution in [0.15, 0.2) is 24.3 Å². The highest BCUT2D eigenvalue weighted by molar-refractivity contribution is 8.00. The van der Waals surface area contributed by atoms with E-state index in [1.165, 1.54) is 24.3 Å². The van der Waals surface area contributed by atoms with Crippen LogP contribution in [0.5, 0.6) is 5.75 Å². The highest BCUT2D eigenvalue weighted by Crippen LogP contribution is 2.31. The van der Waals surface area contributed by atoms with Crippen LogP contribution in [0.4, 0.5) is 0 Å². The zero-order valence-electron chi connectivity index (χ0n) is 11.4. The van der Waals surface area contributed by atoms with Crippen molar-refractivity contribution in [3.8, 4) is 5.75 Å². The Bertz CT molecular complexity index is 407. The van der Waals surface area contributed by atoms with Gasteiger partial charge in [0.2, 0.25) is 0 Å². The van der Waals surface area contributed by atoms with E-state index in [1.807, 2.05) is 0 Å². The highest BCUT2D eigenvalue weighted by atomic mass is 32.2. The minimum absolute atomic E-state index is 0.667. The summed E-state index contributed by atoms with van der Waals surface area (Å²) < 4.78 is 10.8. The number of nitrogens with zero attached hydrogens (tertiary/aromatic N) is 1. The summed E-state index contributed by atoms with van der Waals surface area (Å²) in [4.78, 5) is 2.63. The monoisotopic (exact) mass is 279 g/mol. The van der Waals surface area contributed by atoms with E-state index < -0.39 is 0 Å².